The van der Waals surface area contributed by atoms with Crippen LogP contribution in [-0.4, -0.2) is 18.3 Å². The summed E-state index contributed by atoms with van der Waals surface area (Å²) in [6.45, 7) is 0.775. The molecule has 0 fully saturated rings. The summed E-state index contributed by atoms with van der Waals surface area (Å²) < 4.78 is 0. The van der Waals surface area contributed by atoms with Gasteiger partial charge < -0.3 is 5.32 Å². The van der Waals surface area contributed by atoms with Gasteiger partial charge in [-0.25, -0.2) is 0 Å². The summed E-state index contributed by atoms with van der Waals surface area (Å²) in [5.41, 5.74) is 2.82. The molecule has 1 aliphatic carbocycles. The summed E-state index contributed by atoms with van der Waals surface area (Å²) in [7, 11) is 0. The van der Waals surface area contributed by atoms with Crippen molar-refractivity contribution in [2.24, 2.45) is 0 Å². The number of nitrogens with one attached hydrogen (secondary N) is 1. The topological polar surface area (TPSA) is 29.1 Å². The monoisotopic (exact) mass is 251 g/mol. The van der Waals surface area contributed by atoms with Crippen molar-refractivity contribution >= 4 is 17.5 Å². The van der Waals surface area contributed by atoms with Gasteiger partial charge in [0.15, 0.2) is 0 Å². The molecular formula is C14H18ClNO. The molecular weight excluding hydrogens is 234 g/mol. The molecule has 0 bridgehead atoms. The highest BCUT2D eigenvalue weighted by Crippen LogP contribution is 2.33. The molecule has 0 aromatic heterocycles. The van der Waals surface area contributed by atoms with Crippen molar-refractivity contribution in [1.29, 1.82) is 0 Å². The van der Waals surface area contributed by atoms with Gasteiger partial charge in [0.25, 0.3) is 0 Å². The number of hydrogen-bond donors (Lipinski definition) is 1. The highest BCUT2D eigenvalue weighted by atomic mass is 35.5. The largest absolute Gasteiger partial charge is 0.355 e. The van der Waals surface area contributed by atoms with Crippen LogP contribution in [0.1, 0.15) is 36.3 Å². The molecule has 0 spiro atoms. The van der Waals surface area contributed by atoms with Gasteiger partial charge in [-0.05, 0) is 30.4 Å². The van der Waals surface area contributed by atoms with E-state index in [0.717, 1.165) is 25.8 Å². The molecule has 3 heteroatoms. The van der Waals surface area contributed by atoms with Crippen molar-refractivity contribution in [2.75, 3.05) is 12.4 Å². The molecule has 1 aromatic rings. The lowest BCUT2D eigenvalue weighted by Gasteiger charge is -2.30. The Labute approximate surface area is 107 Å². The van der Waals surface area contributed by atoms with Crippen molar-refractivity contribution in [3.63, 3.8) is 0 Å². The van der Waals surface area contributed by atoms with Gasteiger partial charge >= 0.3 is 0 Å². The van der Waals surface area contributed by atoms with E-state index in [1.807, 2.05) is 0 Å². The molecule has 1 aliphatic rings. The Morgan fingerprint density at radius 2 is 2.18 bits per heavy atom. The summed E-state index contributed by atoms with van der Waals surface area (Å²) >= 11 is 5.57. The number of carbonyl (C=O) groups is 1. The average molecular weight is 252 g/mol. The lowest BCUT2D eigenvalue weighted by molar-refractivity contribution is -0.121. The van der Waals surface area contributed by atoms with E-state index in [4.69, 9.17) is 11.6 Å². The minimum absolute atomic E-state index is 0.152. The van der Waals surface area contributed by atoms with E-state index in [1.54, 1.807) is 0 Å². The molecule has 2 rings (SSSR count). The quantitative estimate of drug-likeness (QED) is 0.611. The number of fused-ring (bicyclic) bond motifs is 1. The van der Waals surface area contributed by atoms with Crippen molar-refractivity contribution in [3.05, 3.63) is 35.4 Å². The van der Waals surface area contributed by atoms with Gasteiger partial charge in [0.2, 0.25) is 5.91 Å². The van der Waals surface area contributed by atoms with Crippen molar-refractivity contribution in [1.82, 2.24) is 5.32 Å². The minimum atomic E-state index is 0.152. The Morgan fingerprint density at radius 3 is 2.94 bits per heavy atom. The SMILES string of the molecule is O=C(CCCCCl)NCC1Cc2ccccc21. The predicted molar refractivity (Wildman–Crippen MR) is 70.5 cm³/mol. The number of halogens is 1. The summed E-state index contributed by atoms with van der Waals surface area (Å²) in [5.74, 6) is 1.31. The van der Waals surface area contributed by atoms with Crippen LogP contribution in [0.2, 0.25) is 0 Å². The first-order valence-corrected chi connectivity index (χ1v) is 6.75. The first-order chi connectivity index (χ1) is 8.31. The number of carbonyl (C=O) groups excluding carboxylic acids is 1. The second-order valence-corrected chi connectivity index (χ2v) is 4.93. The number of alkyl halides is 1. The van der Waals surface area contributed by atoms with E-state index >= 15 is 0 Å². The molecule has 1 unspecified atom stereocenters. The van der Waals surface area contributed by atoms with Crippen LogP contribution < -0.4 is 5.32 Å². The maximum absolute atomic E-state index is 11.5. The Morgan fingerprint density at radius 1 is 1.35 bits per heavy atom. The fraction of sp³-hybridized carbons (Fsp3) is 0.500. The van der Waals surface area contributed by atoms with Crippen molar-refractivity contribution < 1.29 is 4.79 Å². The first kappa shape index (κ1) is 12.4. The molecule has 1 aromatic carbocycles. The number of unbranched alkanes of at least 4 members (excludes halogenated alkanes) is 1. The smallest absolute Gasteiger partial charge is 0.220 e. The van der Waals surface area contributed by atoms with Gasteiger partial charge in [0, 0.05) is 24.8 Å². The van der Waals surface area contributed by atoms with Crippen LogP contribution in [0.3, 0.4) is 0 Å². The molecule has 0 aliphatic heterocycles. The number of hydrogen-bond acceptors (Lipinski definition) is 1. The van der Waals surface area contributed by atoms with E-state index < -0.39 is 0 Å². The van der Waals surface area contributed by atoms with Gasteiger partial charge in [-0.15, -0.1) is 11.6 Å². The fourth-order valence-electron chi connectivity index (χ4n) is 2.25. The van der Waals surface area contributed by atoms with Crippen LogP contribution >= 0.6 is 11.6 Å². The lowest BCUT2D eigenvalue weighted by atomic mass is 9.77. The first-order valence-electron chi connectivity index (χ1n) is 6.21. The van der Waals surface area contributed by atoms with E-state index in [0.29, 0.717) is 18.2 Å². The van der Waals surface area contributed by atoms with Gasteiger partial charge in [0.05, 0.1) is 0 Å². The zero-order valence-corrected chi connectivity index (χ0v) is 10.7. The molecule has 92 valence electrons. The Balaban J connectivity index is 1.69. The predicted octanol–water partition coefficient (Wildman–Crippen LogP) is 2.85. The fourth-order valence-corrected chi connectivity index (χ4v) is 2.44. The molecule has 0 saturated heterocycles. The molecule has 0 saturated carbocycles. The van der Waals surface area contributed by atoms with Gasteiger partial charge in [-0.3, -0.25) is 4.79 Å². The maximum atomic E-state index is 11.5. The van der Waals surface area contributed by atoms with Gasteiger partial charge in [0.1, 0.15) is 0 Å². The highest BCUT2D eigenvalue weighted by Gasteiger charge is 2.25. The maximum Gasteiger partial charge on any atom is 0.220 e. The van der Waals surface area contributed by atoms with Crippen molar-refractivity contribution in [3.8, 4) is 0 Å². The second-order valence-electron chi connectivity index (χ2n) is 4.55. The molecule has 1 amide bonds. The van der Waals surface area contributed by atoms with Crippen LogP contribution in [0.4, 0.5) is 0 Å². The third kappa shape index (κ3) is 3.22. The van der Waals surface area contributed by atoms with Crippen molar-refractivity contribution in [2.45, 2.75) is 31.6 Å². The number of benzene rings is 1. The summed E-state index contributed by atoms with van der Waals surface area (Å²) in [6.07, 6.45) is 3.50. The summed E-state index contributed by atoms with van der Waals surface area (Å²) in [5, 5.41) is 3.00. The minimum Gasteiger partial charge on any atom is -0.355 e. The number of amides is 1. The average Bonchev–Trinajstić information content (AvgIpc) is 2.31. The molecule has 1 N–H and O–H groups in total. The van der Waals surface area contributed by atoms with E-state index in [1.165, 1.54) is 11.1 Å². The van der Waals surface area contributed by atoms with Crippen LogP contribution in [0.15, 0.2) is 24.3 Å². The van der Waals surface area contributed by atoms with E-state index in [-0.39, 0.29) is 5.91 Å². The molecule has 1 atom stereocenters. The summed E-state index contributed by atoms with van der Waals surface area (Å²) in [4.78, 5) is 11.5. The van der Waals surface area contributed by atoms with Crippen LogP contribution in [0.25, 0.3) is 0 Å². The normalized spacial score (nSPS) is 17.1. The zero-order valence-electron chi connectivity index (χ0n) is 9.92. The van der Waals surface area contributed by atoms with Crippen LogP contribution in [-0.2, 0) is 11.2 Å². The third-order valence-corrected chi connectivity index (χ3v) is 3.56. The lowest BCUT2D eigenvalue weighted by Crippen LogP contribution is -2.32. The van der Waals surface area contributed by atoms with Crippen LogP contribution in [0.5, 0.6) is 0 Å². The molecule has 2 nitrogen and oxygen atoms in total. The Kier molecular flexibility index (Phi) is 4.43. The molecule has 0 radical (unpaired) electrons. The van der Waals surface area contributed by atoms with Gasteiger partial charge in [-0.1, -0.05) is 24.3 Å². The molecule has 17 heavy (non-hydrogen) atoms. The summed E-state index contributed by atoms with van der Waals surface area (Å²) in [6, 6.07) is 8.45. The Hall–Kier alpha value is -1.02. The zero-order chi connectivity index (χ0) is 12.1. The second kappa shape index (κ2) is 6.06. The standard InChI is InChI=1S/C14H18ClNO/c15-8-4-3-7-14(17)16-10-12-9-11-5-1-2-6-13(11)12/h1-2,5-6,12H,3-4,7-10H2,(H,16,17). The van der Waals surface area contributed by atoms with E-state index in [9.17, 15) is 4.79 Å². The van der Waals surface area contributed by atoms with Gasteiger partial charge in [-0.2, -0.15) is 0 Å². The highest BCUT2D eigenvalue weighted by molar-refractivity contribution is 6.17. The number of rotatable bonds is 6. The Bertz CT molecular complexity index is 392. The molecule has 0 heterocycles. The van der Waals surface area contributed by atoms with Crippen LogP contribution in [0, 0.1) is 0 Å². The third-order valence-electron chi connectivity index (χ3n) is 3.29. The van der Waals surface area contributed by atoms with E-state index in [2.05, 4.69) is 29.6 Å².